The van der Waals surface area contributed by atoms with E-state index in [4.69, 9.17) is 15.2 Å². The van der Waals surface area contributed by atoms with E-state index in [1.807, 2.05) is 0 Å². The van der Waals surface area contributed by atoms with Crippen molar-refractivity contribution in [2.24, 2.45) is 0 Å². The molecule has 0 atom stereocenters. The number of aromatic nitrogens is 2. The van der Waals surface area contributed by atoms with Gasteiger partial charge in [-0.25, -0.2) is 9.97 Å². The summed E-state index contributed by atoms with van der Waals surface area (Å²) in [6.45, 7) is 0. The highest BCUT2D eigenvalue weighted by atomic mass is 16.5. The number of nitrogens with zero attached hydrogens (tertiary/aromatic N) is 2. The van der Waals surface area contributed by atoms with Crippen LogP contribution in [0.3, 0.4) is 0 Å². The van der Waals surface area contributed by atoms with Crippen LogP contribution >= 0.6 is 0 Å². The topological polar surface area (TPSA) is 70.3 Å². The zero-order valence-electron chi connectivity index (χ0n) is 8.75. The van der Waals surface area contributed by atoms with Crippen LogP contribution in [-0.2, 0) is 0 Å². The van der Waals surface area contributed by atoms with Crippen LogP contribution in [0.4, 0.5) is 5.69 Å². The van der Waals surface area contributed by atoms with Crippen molar-refractivity contribution in [3.05, 3.63) is 36.7 Å². The number of methoxy groups -OCH3 is 1. The van der Waals surface area contributed by atoms with E-state index in [0.717, 1.165) is 5.75 Å². The van der Waals surface area contributed by atoms with Crippen molar-refractivity contribution in [1.29, 1.82) is 0 Å². The molecule has 2 rings (SSSR count). The highest BCUT2D eigenvalue weighted by molar-refractivity contribution is 5.34. The lowest BCUT2D eigenvalue weighted by molar-refractivity contribution is 0.410. The first-order chi connectivity index (χ1) is 7.78. The van der Waals surface area contributed by atoms with E-state index >= 15 is 0 Å². The highest BCUT2D eigenvalue weighted by Crippen LogP contribution is 2.20. The molecular weight excluding hydrogens is 206 g/mol. The summed E-state index contributed by atoms with van der Waals surface area (Å²) in [6, 6.07) is 7.41. The Hall–Kier alpha value is -2.30. The first-order valence-electron chi connectivity index (χ1n) is 4.67. The van der Waals surface area contributed by atoms with Gasteiger partial charge in [-0.05, 0) is 24.3 Å². The molecule has 0 spiro atoms. The standard InChI is InChI=1S/C11H11N3O2/c1-15-9-2-4-10(5-3-9)16-11-13-6-8(12)7-14-11/h2-7H,12H2,1H3. The first kappa shape index (κ1) is 10.2. The van der Waals surface area contributed by atoms with Crippen molar-refractivity contribution in [3.8, 4) is 17.5 Å². The fourth-order valence-electron chi connectivity index (χ4n) is 1.13. The summed E-state index contributed by atoms with van der Waals surface area (Å²) < 4.78 is 10.4. The largest absolute Gasteiger partial charge is 0.497 e. The van der Waals surface area contributed by atoms with Crippen molar-refractivity contribution in [3.63, 3.8) is 0 Å². The molecule has 2 N–H and O–H groups in total. The Morgan fingerprint density at radius 2 is 1.56 bits per heavy atom. The summed E-state index contributed by atoms with van der Waals surface area (Å²) in [4.78, 5) is 7.85. The molecule has 2 aromatic rings. The van der Waals surface area contributed by atoms with E-state index in [1.54, 1.807) is 31.4 Å². The second-order valence-corrected chi connectivity index (χ2v) is 3.08. The quantitative estimate of drug-likeness (QED) is 0.849. The third-order valence-corrected chi connectivity index (χ3v) is 1.92. The van der Waals surface area contributed by atoms with Gasteiger partial charge in [0.15, 0.2) is 0 Å². The van der Waals surface area contributed by atoms with Crippen molar-refractivity contribution >= 4 is 5.69 Å². The first-order valence-corrected chi connectivity index (χ1v) is 4.67. The minimum atomic E-state index is 0.263. The molecule has 82 valence electrons. The SMILES string of the molecule is COc1ccc(Oc2ncc(N)cn2)cc1. The minimum absolute atomic E-state index is 0.263. The maximum atomic E-state index is 5.46. The fraction of sp³-hybridized carbons (Fsp3) is 0.0909. The number of benzene rings is 1. The van der Waals surface area contributed by atoms with Crippen LogP contribution in [0.15, 0.2) is 36.7 Å². The molecule has 0 amide bonds. The summed E-state index contributed by atoms with van der Waals surface area (Å²) in [5.41, 5.74) is 5.96. The lowest BCUT2D eigenvalue weighted by Crippen LogP contribution is -1.93. The lowest BCUT2D eigenvalue weighted by Gasteiger charge is -2.04. The Labute approximate surface area is 92.9 Å². The molecule has 0 aliphatic carbocycles. The van der Waals surface area contributed by atoms with Gasteiger partial charge in [0.25, 0.3) is 0 Å². The number of nitrogens with two attached hydrogens (primary N) is 1. The molecule has 0 unspecified atom stereocenters. The Kier molecular flexibility index (Phi) is 2.86. The van der Waals surface area contributed by atoms with Crippen LogP contribution < -0.4 is 15.2 Å². The van der Waals surface area contributed by atoms with Gasteiger partial charge in [-0.2, -0.15) is 0 Å². The zero-order chi connectivity index (χ0) is 11.4. The molecule has 1 heterocycles. The molecule has 5 nitrogen and oxygen atoms in total. The number of ether oxygens (including phenoxy) is 2. The predicted molar refractivity (Wildman–Crippen MR) is 59.5 cm³/mol. The van der Waals surface area contributed by atoms with Gasteiger partial charge in [0, 0.05) is 0 Å². The van der Waals surface area contributed by atoms with Crippen LogP contribution in [0.25, 0.3) is 0 Å². The second kappa shape index (κ2) is 4.48. The molecule has 0 aliphatic rings. The van der Waals surface area contributed by atoms with Gasteiger partial charge in [0.2, 0.25) is 0 Å². The van der Waals surface area contributed by atoms with Crippen LogP contribution in [-0.4, -0.2) is 17.1 Å². The maximum Gasteiger partial charge on any atom is 0.322 e. The third kappa shape index (κ3) is 2.38. The van der Waals surface area contributed by atoms with Crippen LogP contribution in [0.2, 0.25) is 0 Å². The average molecular weight is 217 g/mol. The predicted octanol–water partition coefficient (Wildman–Crippen LogP) is 1.86. The van der Waals surface area contributed by atoms with Crippen LogP contribution in [0.5, 0.6) is 17.5 Å². The highest BCUT2D eigenvalue weighted by Gasteiger charge is 2.00. The fourth-order valence-corrected chi connectivity index (χ4v) is 1.13. The van der Waals surface area contributed by atoms with E-state index in [1.165, 1.54) is 12.4 Å². The molecule has 5 heteroatoms. The summed E-state index contributed by atoms with van der Waals surface area (Å²) in [5.74, 6) is 1.41. The van der Waals surface area contributed by atoms with E-state index in [2.05, 4.69) is 9.97 Å². The number of anilines is 1. The van der Waals surface area contributed by atoms with Crippen LogP contribution in [0.1, 0.15) is 0 Å². The van der Waals surface area contributed by atoms with Gasteiger partial charge in [-0.15, -0.1) is 0 Å². The summed E-state index contributed by atoms with van der Waals surface area (Å²) in [5, 5.41) is 0. The Morgan fingerprint density at radius 1 is 1.00 bits per heavy atom. The number of rotatable bonds is 3. The van der Waals surface area contributed by atoms with Crippen molar-refractivity contribution < 1.29 is 9.47 Å². The van der Waals surface area contributed by atoms with Crippen molar-refractivity contribution in [1.82, 2.24) is 9.97 Å². The number of nitrogen functional groups attached to an aromatic ring is 1. The van der Waals surface area contributed by atoms with E-state index in [-0.39, 0.29) is 6.01 Å². The molecule has 1 aromatic heterocycles. The van der Waals surface area contributed by atoms with Crippen molar-refractivity contribution in [2.45, 2.75) is 0 Å². The molecule has 0 bridgehead atoms. The summed E-state index contributed by atoms with van der Waals surface area (Å²) in [7, 11) is 1.61. The van der Waals surface area contributed by atoms with Crippen molar-refractivity contribution in [2.75, 3.05) is 12.8 Å². The number of hydrogen-bond acceptors (Lipinski definition) is 5. The molecule has 1 aromatic carbocycles. The van der Waals surface area contributed by atoms with E-state index in [9.17, 15) is 0 Å². The Balaban J connectivity index is 2.11. The summed E-state index contributed by atoms with van der Waals surface area (Å²) in [6.07, 6.45) is 2.98. The van der Waals surface area contributed by atoms with Gasteiger partial charge in [-0.1, -0.05) is 0 Å². The molecule has 0 fully saturated rings. The second-order valence-electron chi connectivity index (χ2n) is 3.08. The van der Waals surface area contributed by atoms with Gasteiger partial charge >= 0.3 is 6.01 Å². The smallest absolute Gasteiger partial charge is 0.322 e. The molecule has 0 saturated carbocycles. The monoisotopic (exact) mass is 217 g/mol. The molecule has 0 saturated heterocycles. The number of hydrogen-bond donors (Lipinski definition) is 1. The van der Waals surface area contributed by atoms with Gasteiger partial charge in [0.1, 0.15) is 11.5 Å². The molecule has 0 radical (unpaired) electrons. The zero-order valence-corrected chi connectivity index (χ0v) is 8.75. The molecule has 0 aliphatic heterocycles. The average Bonchev–Trinajstić information content (AvgIpc) is 2.33. The van der Waals surface area contributed by atoms with E-state index in [0.29, 0.717) is 11.4 Å². The lowest BCUT2D eigenvalue weighted by atomic mass is 10.3. The van der Waals surface area contributed by atoms with Crippen LogP contribution in [0, 0.1) is 0 Å². The molecule has 16 heavy (non-hydrogen) atoms. The normalized spacial score (nSPS) is 9.81. The maximum absolute atomic E-state index is 5.46. The summed E-state index contributed by atoms with van der Waals surface area (Å²) >= 11 is 0. The Bertz CT molecular complexity index is 454. The van der Waals surface area contributed by atoms with Gasteiger partial charge in [-0.3, -0.25) is 0 Å². The third-order valence-electron chi connectivity index (χ3n) is 1.92. The Morgan fingerprint density at radius 3 is 2.12 bits per heavy atom. The van der Waals surface area contributed by atoms with Gasteiger partial charge < -0.3 is 15.2 Å². The van der Waals surface area contributed by atoms with E-state index < -0.39 is 0 Å². The minimum Gasteiger partial charge on any atom is -0.497 e. The van der Waals surface area contributed by atoms with Gasteiger partial charge in [0.05, 0.1) is 25.2 Å². The molecular formula is C11H11N3O2.